The summed E-state index contributed by atoms with van der Waals surface area (Å²) in [6, 6.07) is 9.85. The maximum atomic E-state index is 11.6. The number of hydrogen-bond acceptors (Lipinski definition) is 7. The molecule has 152 valence electrons. The molecule has 3 aromatic rings. The van der Waals surface area contributed by atoms with E-state index < -0.39 is 12.0 Å². The van der Waals surface area contributed by atoms with Gasteiger partial charge in [0.25, 0.3) is 0 Å². The van der Waals surface area contributed by atoms with Crippen molar-refractivity contribution in [1.29, 1.82) is 0 Å². The Hall–Kier alpha value is -3.10. The lowest BCUT2D eigenvalue weighted by atomic mass is 10.2. The van der Waals surface area contributed by atoms with Crippen LogP contribution in [0.15, 0.2) is 42.7 Å². The number of nitrogens with zero attached hydrogens (tertiary/aromatic N) is 2. The molecule has 1 amide bonds. The zero-order valence-corrected chi connectivity index (χ0v) is 16.6. The summed E-state index contributed by atoms with van der Waals surface area (Å²) >= 11 is 5.98. The van der Waals surface area contributed by atoms with Crippen LogP contribution in [0.1, 0.15) is 13.8 Å². The van der Waals surface area contributed by atoms with E-state index in [-0.39, 0.29) is 23.4 Å². The standard InChI is InChI=1S/C20H21ClN4O4/c1-11(24-20(28)12(2)26)9-29-17-5-3-4-15-18(17)19(23-10-22-15)25-13-6-7-16(27)14(21)8-13/h3-8,10-12,26-27H,9H2,1-2H3,(H,24,28)(H,22,23,25)/t11-,12?/m0/s1. The number of aromatic hydroxyl groups is 1. The Balaban J connectivity index is 1.85. The van der Waals surface area contributed by atoms with Crippen molar-refractivity contribution in [3.63, 3.8) is 0 Å². The second kappa shape index (κ2) is 8.93. The van der Waals surface area contributed by atoms with E-state index in [1.54, 1.807) is 25.1 Å². The summed E-state index contributed by atoms with van der Waals surface area (Å²) in [5.74, 6) is 0.567. The lowest BCUT2D eigenvalue weighted by Crippen LogP contribution is -2.41. The molecule has 0 saturated heterocycles. The Morgan fingerprint density at radius 2 is 2.03 bits per heavy atom. The van der Waals surface area contributed by atoms with Crippen LogP contribution in [0.4, 0.5) is 11.5 Å². The molecule has 29 heavy (non-hydrogen) atoms. The number of anilines is 2. The smallest absolute Gasteiger partial charge is 0.248 e. The van der Waals surface area contributed by atoms with Gasteiger partial charge in [0.1, 0.15) is 36.4 Å². The SMILES string of the molecule is CC(O)C(=O)N[C@@H](C)COc1cccc2ncnc(Nc3ccc(O)c(Cl)c3)c12. The van der Waals surface area contributed by atoms with Crippen molar-refractivity contribution in [3.8, 4) is 11.5 Å². The normalized spacial score (nSPS) is 13.0. The fourth-order valence-electron chi connectivity index (χ4n) is 2.63. The molecular formula is C20H21ClN4O4. The molecule has 0 saturated carbocycles. The zero-order chi connectivity index (χ0) is 21.0. The van der Waals surface area contributed by atoms with E-state index in [4.69, 9.17) is 16.3 Å². The quantitative estimate of drug-likeness (QED) is 0.437. The van der Waals surface area contributed by atoms with Gasteiger partial charge in [-0.15, -0.1) is 0 Å². The van der Waals surface area contributed by atoms with Crippen LogP contribution in [0.25, 0.3) is 10.9 Å². The number of halogens is 1. The second-order valence-electron chi connectivity index (χ2n) is 6.56. The summed E-state index contributed by atoms with van der Waals surface area (Å²) in [6.45, 7) is 3.37. The number of rotatable bonds is 7. The number of nitrogens with one attached hydrogen (secondary N) is 2. The third-order valence-electron chi connectivity index (χ3n) is 4.09. The number of aromatic nitrogens is 2. The fraction of sp³-hybridized carbons (Fsp3) is 0.250. The molecule has 0 aliphatic heterocycles. The Labute approximate surface area is 172 Å². The van der Waals surface area contributed by atoms with E-state index in [9.17, 15) is 15.0 Å². The number of aliphatic hydroxyl groups is 1. The van der Waals surface area contributed by atoms with Crippen LogP contribution in [-0.4, -0.2) is 44.8 Å². The predicted octanol–water partition coefficient (Wildman–Crippen LogP) is 3.00. The molecule has 3 rings (SSSR count). The number of hydrogen-bond donors (Lipinski definition) is 4. The third kappa shape index (κ3) is 5.04. The van der Waals surface area contributed by atoms with Gasteiger partial charge in [0.15, 0.2) is 0 Å². The number of carbonyl (C=O) groups is 1. The highest BCUT2D eigenvalue weighted by Gasteiger charge is 2.15. The van der Waals surface area contributed by atoms with Gasteiger partial charge >= 0.3 is 0 Å². The summed E-state index contributed by atoms with van der Waals surface area (Å²) in [7, 11) is 0. The highest BCUT2D eigenvalue weighted by Crippen LogP contribution is 2.33. The third-order valence-corrected chi connectivity index (χ3v) is 4.39. The Morgan fingerprint density at radius 1 is 1.24 bits per heavy atom. The number of phenolic OH excluding ortho intramolecular Hbond substituents is 1. The van der Waals surface area contributed by atoms with Crippen molar-refractivity contribution in [2.75, 3.05) is 11.9 Å². The molecule has 1 aromatic heterocycles. The van der Waals surface area contributed by atoms with E-state index in [1.165, 1.54) is 19.3 Å². The average Bonchev–Trinajstić information content (AvgIpc) is 2.69. The van der Waals surface area contributed by atoms with E-state index >= 15 is 0 Å². The van der Waals surface area contributed by atoms with Crippen molar-refractivity contribution in [2.45, 2.75) is 26.0 Å². The van der Waals surface area contributed by atoms with Gasteiger partial charge in [-0.05, 0) is 44.2 Å². The maximum absolute atomic E-state index is 11.6. The largest absolute Gasteiger partial charge is 0.506 e. The van der Waals surface area contributed by atoms with Crippen molar-refractivity contribution in [2.24, 2.45) is 0 Å². The molecule has 0 spiro atoms. The molecule has 9 heteroatoms. The van der Waals surface area contributed by atoms with Gasteiger partial charge in [0.2, 0.25) is 5.91 Å². The summed E-state index contributed by atoms with van der Waals surface area (Å²) in [6.07, 6.45) is 0.346. The lowest BCUT2D eigenvalue weighted by molar-refractivity contribution is -0.129. The molecule has 0 radical (unpaired) electrons. The molecule has 1 heterocycles. The first kappa shape index (κ1) is 20.6. The average molecular weight is 417 g/mol. The van der Waals surface area contributed by atoms with Gasteiger partial charge in [0.05, 0.1) is 22.0 Å². The molecule has 2 aromatic carbocycles. The minimum absolute atomic E-state index is 0.0120. The van der Waals surface area contributed by atoms with Crippen LogP contribution < -0.4 is 15.4 Å². The minimum atomic E-state index is -1.09. The molecule has 2 atom stereocenters. The first-order valence-electron chi connectivity index (χ1n) is 8.95. The summed E-state index contributed by atoms with van der Waals surface area (Å²) in [4.78, 5) is 20.2. The highest BCUT2D eigenvalue weighted by atomic mass is 35.5. The molecule has 0 bridgehead atoms. The first-order valence-corrected chi connectivity index (χ1v) is 9.33. The number of aliphatic hydroxyl groups excluding tert-OH is 1. The molecule has 0 aliphatic rings. The van der Waals surface area contributed by atoms with Crippen molar-refractivity contribution in [3.05, 3.63) is 47.7 Å². The number of phenols is 1. The Kier molecular flexibility index (Phi) is 6.36. The molecule has 8 nitrogen and oxygen atoms in total. The molecule has 4 N–H and O–H groups in total. The van der Waals surface area contributed by atoms with Crippen LogP contribution >= 0.6 is 11.6 Å². The molecular weight excluding hydrogens is 396 g/mol. The monoisotopic (exact) mass is 416 g/mol. The Bertz CT molecular complexity index is 1020. The lowest BCUT2D eigenvalue weighted by Gasteiger charge is -2.18. The van der Waals surface area contributed by atoms with E-state index in [2.05, 4.69) is 20.6 Å². The van der Waals surface area contributed by atoms with E-state index in [0.717, 1.165) is 0 Å². The van der Waals surface area contributed by atoms with Crippen LogP contribution in [0.5, 0.6) is 11.5 Å². The number of fused-ring (bicyclic) bond motifs is 1. The van der Waals surface area contributed by atoms with Crippen molar-refractivity contribution < 1.29 is 19.7 Å². The summed E-state index contributed by atoms with van der Waals surface area (Å²) < 4.78 is 5.90. The number of carbonyl (C=O) groups excluding carboxylic acids is 1. The van der Waals surface area contributed by atoms with Crippen LogP contribution in [0, 0.1) is 0 Å². The Morgan fingerprint density at radius 3 is 2.76 bits per heavy atom. The maximum Gasteiger partial charge on any atom is 0.248 e. The van der Waals surface area contributed by atoms with Crippen molar-refractivity contribution >= 4 is 39.9 Å². The molecule has 0 aliphatic carbocycles. The van der Waals surface area contributed by atoms with Gasteiger partial charge in [-0.3, -0.25) is 4.79 Å². The van der Waals surface area contributed by atoms with Gasteiger partial charge in [-0.2, -0.15) is 0 Å². The van der Waals surface area contributed by atoms with Crippen LogP contribution in [-0.2, 0) is 4.79 Å². The number of ether oxygens (including phenoxy) is 1. The second-order valence-corrected chi connectivity index (χ2v) is 6.97. The minimum Gasteiger partial charge on any atom is -0.506 e. The highest BCUT2D eigenvalue weighted by molar-refractivity contribution is 6.32. The van der Waals surface area contributed by atoms with Gasteiger partial charge in [-0.25, -0.2) is 9.97 Å². The van der Waals surface area contributed by atoms with Gasteiger partial charge < -0.3 is 25.6 Å². The molecule has 1 unspecified atom stereocenters. The van der Waals surface area contributed by atoms with E-state index in [1.807, 2.05) is 12.1 Å². The fourth-order valence-corrected chi connectivity index (χ4v) is 2.82. The van der Waals surface area contributed by atoms with Gasteiger partial charge in [-0.1, -0.05) is 17.7 Å². The van der Waals surface area contributed by atoms with Crippen LogP contribution in [0.3, 0.4) is 0 Å². The topological polar surface area (TPSA) is 117 Å². The summed E-state index contributed by atoms with van der Waals surface area (Å²) in [5.41, 5.74) is 1.31. The van der Waals surface area contributed by atoms with Gasteiger partial charge in [0, 0.05) is 5.69 Å². The molecule has 0 fully saturated rings. The van der Waals surface area contributed by atoms with Crippen molar-refractivity contribution in [1.82, 2.24) is 15.3 Å². The first-order chi connectivity index (χ1) is 13.8. The van der Waals surface area contributed by atoms with E-state index in [0.29, 0.717) is 28.2 Å². The number of amides is 1. The number of benzene rings is 2. The predicted molar refractivity (Wildman–Crippen MR) is 111 cm³/mol. The zero-order valence-electron chi connectivity index (χ0n) is 15.9. The summed E-state index contributed by atoms with van der Waals surface area (Å²) in [5, 5.41) is 25.6. The van der Waals surface area contributed by atoms with Crippen LogP contribution in [0.2, 0.25) is 5.02 Å².